The summed E-state index contributed by atoms with van der Waals surface area (Å²) in [4.78, 5) is 11.9. The molecule has 0 bridgehead atoms. The fraction of sp³-hybridized carbons (Fsp3) is 0.667. The minimum atomic E-state index is -0.0700. The topological polar surface area (TPSA) is 46.9 Å². The Morgan fingerprint density at radius 2 is 2.35 bits per heavy atom. The van der Waals surface area contributed by atoms with Crippen molar-refractivity contribution in [1.29, 1.82) is 0 Å². The molecule has 1 aromatic rings. The van der Waals surface area contributed by atoms with Gasteiger partial charge in [0, 0.05) is 25.2 Å². The Balaban J connectivity index is 1.86. The molecule has 0 aromatic carbocycles. The van der Waals surface area contributed by atoms with Crippen LogP contribution < -0.4 is 5.32 Å². The van der Waals surface area contributed by atoms with E-state index in [1.54, 1.807) is 24.0 Å². The van der Waals surface area contributed by atoms with Gasteiger partial charge in [0.15, 0.2) is 0 Å². The average Bonchev–Trinajstić information content (AvgIpc) is 2.74. The summed E-state index contributed by atoms with van der Waals surface area (Å²) in [5.41, 5.74) is 0.590. The number of alkyl halides is 1. The zero-order valence-electron chi connectivity index (χ0n) is 10.0. The van der Waals surface area contributed by atoms with Crippen LogP contribution in [0.4, 0.5) is 0 Å². The second-order valence-electron chi connectivity index (χ2n) is 4.61. The van der Waals surface area contributed by atoms with Gasteiger partial charge in [-0.25, -0.2) is 0 Å². The first-order chi connectivity index (χ1) is 8.18. The van der Waals surface area contributed by atoms with Crippen molar-refractivity contribution in [2.45, 2.75) is 31.1 Å². The monoisotopic (exact) mass is 255 g/mol. The van der Waals surface area contributed by atoms with Gasteiger partial charge in [-0.15, -0.1) is 11.6 Å². The first-order valence-electron chi connectivity index (χ1n) is 6.09. The van der Waals surface area contributed by atoms with Gasteiger partial charge in [-0.1, -0.05) is 12.8 Å². The molecule has 4 nitrogen and oxygen atoms in total. The van der Waals surface area contributed by atoms with E-state index in [4.69, 9.17) is 11.6 Å². The molecule has 1 saturated carbocycles. The summed E-state index contributed by atoms with van der Waals surface area (Å²) in [5, 5.41) is 7.12. The molecular formula is C12H18ClN3O. The average molecular weight is 256 g/mol. The number of nitrogens with zero attached hydrogens (tertiary/aromatic N) is 2. The number of rotatable bonds is 3. The van der Waals surface area contributed by atoms with Gasteiger partial charge in [0.05, 0.1) is 0 Å². The van der Waals surface area contributed by atoms with E-state index in [0.717, 1.165) is 12.8 Å². The Kier molecular flexibility index (Phi) is 4.05. The summed E-state index contributed by atoms with van der Waals surface area (Å²) < 4.78 is 1.58. The largest absolute Gasteiger partial charge is 0.350 e. The lowest BCUT2D eigenvalue weighted by atomic mass is 9.89. The fourth-order valence-corrected chi connectivity index (χ4v) is 2.67. The standard InChI is InChI=1S/C12H18ClN3O/c1-16-11(6-7-15-16)12(17)14-8-9-4-2-3-5-10(9)13/h6-7,9-10H,2-5,8H2,1H3,(H,14,17). The van der Waals surface area contributed by atoms with E-state index >= 15 is 0 Å². The molecule has 2 rings (SSSR count). The molecule has 1 aromatic heterocycles. The van der Waals surface area contributed by atoms with Crippen molar-refractivity contribution in [3.63, 3.8) is 0 Å². The van der Waals surface area contributed by atoms with Crippen molar-refractivity contribution < 1.29 is 4.79 Å². The SMILES string of the molecule is Cn1nccc1C(=O)NCC1CCCCC1Cl. The summed E-state index contributed by atoms with van der Waals surface area (Å²) in [6.07, 6.45) is 6.23. The van der Waals surface area contributed by atoms with Gasteiger partial charge in [0.25, 0.3) is 5.91 Å². The maximum Gasteiger partial charge on any atom is 0.269 e. The van der Waals surface area contributed by atoms with E-state index in [1.165, 1.54) is 12.8 Å². The maximum absolute atomic E-state index is 11.9. The second kappa shape index (κ2) is 5.54. The van der Waals surface area contributed by atoms with E-state index in [-0.39, 0.29) is 11.3 Å². The molecule has 17 heavy (non-hydrogen) atoms. The van der Waals surface area contributed by atoms with Crippen molar-refractivity contribution in [2.75, 3.05) is 6.54 Å². The first kappa shape index (κ1) is 12.4. The van der Waals surface area contributed by atoms with Crippen molar-refractivity contribution in [3.8, 4) is 0 Å². The van der Waals surface area contributed by atoms with Gasteiger partial charge in [-0.3, -0.25) is 9.48 Å². The van der Waals surface area contributed by atoms with Crippen molar-refractivity contribution >= 4 is 17.5 Å². The summed E-state index contributed by atoms with van der Waals surface area (Å²) in [7, 11) is 1.76. The Morgan fingerprint density at radius 1 is 1.59 bits per heavy atom. The molecule has 1 fully saturated rings. The van der Waals surface area contributed by atoms with E-state index in [1.807, 2.05) is 0 Å². The summed E-state index contributed by atoms with van der Waals surface area (Å²) >= 11 is 6.25. The quantitative estimate of drug-likeness (QED) is 0.840. The van der Waals surface area contributed by atoms with Gasteiger partial charge >= 0.3 is 0 Å². The van der Waals surface area contributed by atoms with Crippen LogP contribution in [-0.2, 0) is 7.05 Å². The predicted molar refractivity (Wildman–Crippen MR) is 67.1 cm³/mol. The number of halogens is 1. The Hall–Kier alpha value is -1.03. The summed E-state index contributed by atoms with van der Waals surface area (Å²) in [6, 6.07) is 1.72. The number of amides is 1. The van der Waals surface area contributed by atoms with Crippen LogP contribution in [-0.4, -0.2) is 27.6 Å². The zero-order valence-corrected chi connectivity index (χ0v) is 10.8. The van der Waals surface area contributed by atoms with Crippen LogP contribution in [0.15, 0.2) is 12.3 Å². The van der Waals surface area contributed by atoms with Gasteiger partial charge in [0.1, 0.15) is 5.69 Å². The van der Waals surface area contributed by atoms with Crippen LogP contribution in [0, 0.1) is 5.92 Å². The molecule has 5 heteroatoms. The highest BCUT2D eigenvalue weighted by molar-refractivity contribution is 6.20. The van der Waals surface area contributed by atoms with Gasteiger partial charge < -0.3 is 5.32 Å². The smallest absolute Gasteiger partial charge is 0.269 e. The van der Waals surface area contributed by atoms with E-state index < -0.39 is 0 Å². The number of hydrogen-bond donors (Lipinski definition) is 1. The molecule has 0 aliphatic heterocycles. The molecule has 0 radical (unpaired) electrons. The molecule has 94 valence electrons. The number of aromatic nitrogens is 2. The minimum Gasteiger partial charge on any atom is -0.350 e. The lowest BCUT2D eigenvalue weighted by molar-refractivity contribution is 0.0934. The molecule has 1 N–H and O–H groups in total. The van der Waals surface area contributed by atoms with Gasteiger partial charge in [-0.2, -0.15) is 5.10 Å². The van der Waals surface area contributed by atoms with Crippen LogP contribution in [0.3, 0.4) is 0 Å². The maximum atomic E-state index is 11.9. The summed E-state index contributed by atoms with van der Waals surface area (Å²) in [6.45, 7) is 0.665. The van der Waals surface area contributed by atoms with Crippen LogP contribution in [0.25, 0.3) is 0 Å². The number of aryl methyl sites for hydroxylation is 1. The molecule has 0 spiro atoms. The third-order valence-corrected chi connectivity index (χ3v) is 3.97. The predicted octanol–water partition coefficient (Wildman–Crippen LogP) is 1.95. The molecule has 2 atom stereocenters. The number of hydrogen-bond acceptors (Lipinski definition) is 2. The molecule has 1 aliphatic carbocycles. The van der Waals surface area contributed by atoms with E-state index in [0.29, 0.717) is 18.2 Å². The molecular weight excluding hydrogens is 238 g/mol. The van der Waals surface area contributed by atoms with Crippen molar-refractivity contribution in [2.24, 2.45) is 13.0 Å². The molecule has 1 amide bonds. The molecule has 0 saturated heterocycles. The van der Waals surface area contributed by atoms with E-state index in [9.17, 15) is 4.79 Å². The van der Waals surface area contributed by atoms with Crippen molar-refractivity contribution in [1.82, 2.24) is 15.1 Å². The van der Waals surface area contributed by atoms with E-state index in [2.05, 4.69) is 10.4 Å². The fourth-order valence-electron chi connectivity index (χ4n) is 2.30. The van der Waals surface area contributed by atoms with Crippen LogP contribution in [0.2, 0.25) is 0 Å². The van der Waals surface area contributed by atoms with Gasteiger partial charge in [-0.05, 0) is 24.8 Å². The number of carbonyl (C=O) groups excluding carboxylic acids is 1. The number of nitrogens with one attached hydrogen (secondary N) is 1. The van der Waals surface area contributed by atoms with Crippen LogP contribution in [0.5, 0.6) is 0 Å². The highest BCUT2D eigenvalue weighted by Gasteiger charge is 2.23. The third-order valence-electron chi connectivity index (χ3n) is 3.39. The first-order valence-corrected chi connectivity index (χ1v) is 6.52. The lowest BCUT2D eigenvalue weighted by Crippen LogP contribution is -2.35. The highest BCUT2D eigenvalue weighted by Crippen LogP contribution is 2.27. The molecule has 1 heterocycles. The third kappa shape index (κ3) is 3.00. The van der Waals surface area contributed by atoms with Gasteiger partial charge in [0.2, 0.25) is 0 Å². The Bertz CT molecular complexity index is 391. The molecule has 1 aliphatic rings. The molecule has 2 unspecified atom stereocenters. The van der Waals surface area contributed by atoms with Crippen LogP contribution in [0.1, 0.15) is 36.2 Å². The Morgan fingerprint density at radius 3 is 3.00 bits per heavy atom. The highest BCUT2D eigenvalue weighted by atomic mass is 35.5. The summed E-state index contributed by atoms with van der Waals surface area (Å²) in [5.74, 6) is 0.335. The Labute approximate surface area is 106 Å². The normalized spacial score (nSPS) is 24.6. The van der Waals surface area contributed by atoms with Crippen LogP contribution >= 0.6 is 11.6 Å². The number of carbonyl (C=O) groups is 1. The second-order valence-corrected chi connectivity index (χ2v) is 5.17. The lowest BCUT2D eigenvalue weighted by Gasteiger charge is -2.27. The van der Waals surface area contributed by atoms with Crippen molar-refractivity contribution in [3.05, 3.63) is 18.0 Å². The minimum absolute atomic E-state index is 0.0700. The zero-order chi connectivity index (χ0) is 12.3.